The minimum atomic E-state index is -4.96. The molecule has 0 bridgehead atoms. The van der Waals surface area contributed by atoms with E-state index in [-0.39, 0.29) is 38.1 Å². The molecule has 1 aromatic carbocycles. The number of alkyl halides is 4. The molecule has 58 heavy (non-hydrogen) atoms. The highest BCUT2D eigenvalue weighted by Crippen LogP contribution is 2.48. The SMILES string of the molecule is COc1cnc(O[C@@H]2C[C@H]3C(=O)N[C@]4(C(=O)NS(=O)(=O)C5(CF)CC5)C[C@H]4C=CCC[C@@H](C)O[C@@H](C)[C@H](NC(=O)OC(C)(C)C(F)(F)F)C(=O)N3C2)c2ccccc12. The van der Waals surface area contributed by atoms with Crippen molar-refractivity contribution < 1.29 is 64.1 Å². The minimum absolute atomic E-state index is 0.0167. The number of rotatable bonds is 9. The molecular weight excluding hydrogens is 795 g/mol. The molecule has 3 heterocycles. The number of alkyl carbamates (subject to hydrolysis) is 1. The Labute approximate surface area is 332 Å². The van der Waals surface area contributed by atoms with Crippen LogP contribution in [0.5, 0.6) is 11.6 Å². The van der Waals surface area contributed by atoms with E-state index >= 15 is 0 Å². The van der Waals surface area contributed by atoms with Crippen LogP contribution in [0.25, 0.3) is 10.8 Å². The van der Waals surface area contributed by atoms with Crippen LogP contribution in [-0.2, 0) is 33.9 Å². The molecule has 15 nitrogen and oxygen atoms in total. The summed E-state index contributed by atoms with van der Waals surface area (Å²) in [5.74, 6) is -3.01. The van der Waals surface area contributed by atoms with Gasteiger partial charge >= 0.3 is 12.3 Å². The summed E-state index contributed by atoms with van der Waals surface area (Å²) >= 11 is 0. The Morgan fingerprint density at radius 2 is 1.81 bits per heavy atom. The number of halogens is 4. The van der Waals surface area contributed by atoms with Crippen molar-refractivity contribution in [1.29, 1.82) is 0 Å². The van der Waals surface area contributed by atoms with Crippen molar-refractivity contribution in [3.63, 3.8) is 0 Å². The van der Waals surface area contributed by atoms with Gasteiger partial charge in [0.15, 0.2) is 0 Å². The number of pyridine rings is 1. The zero-order valence-electron chi connectivity index (χ0n) is 32.6. The normalized spacial score (nSPS) is 28.9. The Bertz CT molecular complexity index is 2080. The second kappa shape index (κ2) is 15.8. The smallest absolute Gasteiger partial charge is 0.427 e. The first kappa shape index (κ1) is 42.9. The van der Waals surface area contributed by atoms with Crippen molar-refractivity contribution in [3.8, 4) is 11.6 Å². The van der Waals surface area contributed by atoms with Crippen LogP contribution in [0.3, 0.4) is 0 Å². The number of amides is 4. The number of sulfonamides is 1. The molecule has 6 rings (SSSR count). The number of nitrogens with zero attached hydrogens (tertiary/aromatic N) is 2. The molecule has 0 unspecified atom stereocenters. The van der Waals surface area contributed by atoms with Gasteiger partial charge in [0, 0.05) is 23.1 Å². The van der Waals surface area contributed by atoms with Gasteiger partial charge in [0.1, 0.15) is 40.9 Å². The van der Waals surface area contributed by atoms with Crippen LogP contribution < -0.4 is 24.8 Å². The van der Waals surface area contributed by atoms with E-state index in [9.17, 15) is 45.2 Å². The van der Waals surface area contributed by atoms with Crippen LogP contribution >= 0.6 is 0 Å². The summed E-state index contributed by atoms with van der Waals surface area (Å²) in [7, 11) is -3.01. The highest BCUT2D eigenvalue weighted by atomic mass is 32.2. The number of hydrogen-bond donors (Lipinski definition) is 3. The molecule has 1 aromatic heterocycles. The lowest BCUT2D eigenvalue weighted by Crippen LogP contribution is -2.61. The molecule has 2 aliphatic heterocycles. The minimum Gasteiger partial charge on any atom is -0.494 e. The van der Waals surface area contributed by atoms with Crippen molar-refractivity contribution >= 4 is 44.6 Å². The summed E-state index contributed by atoms with van der Waals surface area (Å²) < 4.78 is 104. The summed E-state index contributed by atoms with van der Waals surface area (Å²) in [5, 5.41) is 6.11. The Morgan fingerprint density at radius 3 is 2.45 bits per heavy atom. The fourth-order valence-corrected chi connectivity index (χ4v) is 8.69. The predicted molar refractivity (Wildman–Crippen MR) is 199 cm³/mol. The molecule has 4 aliphatic rings. The van der Waals surface area contributed by atoms with Gasteiger partial charge in [-0.1, -0.05) is 30.4 Å². The number of ether oxygens (including phenoxy) is 4. The molecule has 0 radical (unpaired) electrons. The number of carbonyl (C=O) groups is 4. The van der Waals surface area contributed by atoms with Gasteiger partial charge < -0.3 is 34.5 Å². The van der Waals surface area contributed by atoms with E-state index < -0.39 is 98.9 Å². The lowest BCUT2D eigenvalue weighted by Gasteiger charge is -2.34. The van der Waals surface area contributed by atoms with Crippen LogP contribution in [0.2, 0.25) is 0 Å². The second-order valence-corrected chi connectivity index (χ2v) is 17.9. The van der Waals surface area contributed by atoms with E-state index in [1.165, 1.54) is 20.2 Å². The van der Waals surface area contributed by atoms with E-state index in [0.717, 1.165) is 4.90 Å². The first-order valence-electron chi connectivity index (χ1n) is 18.9. The van der Waals surface area contributed by atoms with Crippen molar-refractivity contribution in [2.45, 2.75) is 119 Å². The lowest BCUT2D eigenvalue weighted by atomic mass is 10.1. The van der Waals surface area contributed by atoms with Gasteiger partial charge in [-0.15, -0.1) is 0 Å². The van der Waals surface area contributed by atoms with E-state index in [1.54, 1.807) is 43.3 Å². The van der Waals surface area contributed by atoms with Crippen LogP contribution in [0, 0.1) is 5.92 Å². The van der Waals surface area contributed by atoms with E-state index in [0.29, 0.717) is 43.2 Å². The van der Waals surface area contributed by atoms with E-state index in [1.807, 2.05) is 4.72 Å². The van der Waals surface area contributed by atoms with Crippen LogP contribution in [-0.4, -0.2) is 115 Å². The quantitative estimate of drug-likeness (QED) is 0.245. The zero-order valence-corrected chi connectivity index (χ0v) is 33.4. The number of hydrogen-bond acceptors (Lipinski definition) is 11. The molecule has 2 aliphatic carbocycles. The average molecular weight is 842 g/mol. The third-order valence-electron chi connectivity index (χ3n) is 11.3. The first-order chi connectivity index (χ1) is 27.2. The maximum absolute atomic E-state index is 14.6. The number of carbonyl (C=O) groups excluding carboxylic acids is 4. The fraction of sp³-hybridized carbons (Fsp3) is 0.605. The standard InChI is InChI=1S/C38H47F4N5O10S/c1-21-10-6-7-11-23-17-37(23,33(50)46-58(52,53)36(20-39)14-15-36)45-30(48)27-16-24(56-31-26-13-9-8-12-25(26)28(54-5)18-43-31)19-47(27)32(49)29(22(2)55-21)44-34(51)57-35(3,4)38(40,41)42/h7-9,11-13,18,21-24,27,29H,6,10,14-17,19-20H2,1-5H3,(H,44,51)(H,45,48)(H,46,50)/t21-,22+,23-,24-,27+,29+,37-/m1/s1. The van der Waals surface area contributed by atoms with E-state index in [4.69, 9.17) is 18.9 Å². The van der Waals surface area contributed by atoms with Gasteiger partial charge in [-0.3, -0.25) is 19.1 Å². The second-order valence-electron chi connectivity index (χ2n) is 15.9. The third-order valence-corrected chi connectivity index (χ3v) is 13.4. The molecule has 20 heteroatoms. The highest BCUT2D eigenvalue weighted by molar-refractivity contribution is 7.91. The van der Waals surface area contributed by atoms with Gasteiger partial charge in [0.25, 0.3) is 5.91 Å². The molecule has 2 saturated carbocycles. The molecule has 3 fully saturated rings. The van der Waals surface area contributed by atoms with Crippen molar-refractivity contribution in [2.24, 2.45) is 5.92 Å². The third kappa shape index (κ3) is 8.39. The summed E-state index contributed by atoms with van der Waals surface area (Å²) in [5.41, 5.74) is -4.74. The van der Waals surface area contributed by atoms with E-state index in [2.05, 4.69) is 15.6 Å². The number of fused-ring (bicyclic) bond motifs is 3. The Hall–Kier alpha value is -4.72. The van der Waals surface area contributed by atoms with Gasteiger partial charge in [0.2, 0.25) is 33.3 Å². The summed E-state index contributed by atoms with van der Waals surface area (Å²) in [6.07, 6.45) is -3.88. The highest BCUT2D eigenvalue weighted by Gasteiger charge is 2.64. The number of aromatic nitrogens is 1. The maximum atomic E-state index is 14.6. The largest absolute Gasteiger partial charge is 0.494 e. The zero-order chi connectivity index (χ0) is 42.4. The van der Waals surface area contributed by atoms with Gasteiger partial charge in [-0.2, -0.15) is 13.2 Å². The lowest BCUT2D eigenvalue weighted by molar-refractivity contribution is -0.244. The number of benzene rings is 1. The van der Waals surface area contributed by atoms with Gasteiger partial charge in [-0.05, 0) is 65.9 Å². The first-order valence-corrected chi connectivity index (χ1v) is 20.4. The topological polar surface area (TPSA) is 192 Å². The summed E-state index contributed by atoms with van der Waals surface area (Å²) in [6.45, 7) is 2.90. The number of methoxy groups -OCH3 is 1. The average Bonchev–Trinajstić information content (AvgIpc) is 4.06. The van der Waals surface area contributed by atoms with Crippen molar-refractivity contribution in [1.82, 2.24) is 25.2 Å². The monoisotopic (exact) mass is 841 g/mol. The Balaban J connectivity index is 1.36. The maximum Gasteiger partial charge on any atom is 0.427 e. The number of allylic oxidation sites excluding steroid dienone is 1. The molecule has 2 aromatic rings. The Kier molecular flexibility index (Phi) is 11.7. The molecule has 3 N–H and O–H groups in total. The van der Waals surface area contributed by atoms with Gasteiger partial charge in [-0.25, -0.2) is 22.6 Å². The molecule has 4 amide bonds. The van der Waals surface area contributed by atoms with Crippen molar-refractivity contribution in [3.05, 3.63) is 42.6 Å². The van der Waals surface area contributed by atoms with Gasteiger partial charge in [0.05, 0.1) is 32.1 Å². The molecule has 1 saturated heterocycles. The summed E-state index contributed by atoms with van der Waals surface area (Å²) in [4.78, 5) is 61.5. The predicted octanol–water partition coefficient (Wildman–Crippen LogP) is 3.99. The van der Waals surface area contributed by atoms with Crippen LogP contribution in [0.1, 0.15) is 66.2 Å². The molecular formula is C38H47F4N5O10S. The molecule has 0 spiro atoms. The summed E-state index contributed by atoms with van der Waals surface area (Å²) in [6, 6.07) is 3.90. The molecule has 7 atom stereocenters. The number of nitrogens with one attached hydrogen (secondary N) is 3. The Morgan fingerprint density at radius 1 is 1.12 bits per heavy atom. The van der Waals surface area contributed by atoms with Crippen molar-refractivity contribution in [2.75, 3.05) is 20.3 Å². The van der Waals surface area contributed by atoms with Crippen LogP contribution in [0.15, 0.2) is 42.6 Å². The van der Waals surface area contributed by atoms with Crippen LogP contribution in [0.4, 0.5) is 22.4 Å². The molecule has 318 valence electrons. The fourth-order valence-electron chi connectivity index (χ4n) is 7.26.